The Kier molecular flexibility index (Phi) is 4.49. The molecule has 1 aliphatic rings. The normalized spacial score (nSPS) is 14.9. The van der Waals surface area contributed by atoms with E-state index in [0.29, 0.717) is 26.9 Å². The van der Waals surface area contributed by atoms with Gasteiger partial charge in [-0.15, -0.1) is 0 Å². The molecule has 3 rings (SSSR count). The first-order valence-corrected chi connectivity index (χ1v) is 7.99. The molecule has 2 aromatic rings. The number of nitrogens with two attached hydrogens (primary N) is 1. The van der Waals surface area contributed by atoms with E-state index < -0.39 is 11.8 Å². The van der Waals surface area contributed by atoms with Gasteiger partial charge in [-0.3, -0.25) is 9.59 Å². The molecule has 1 heterocycles. The molecule has 2 aromatic carbocycles. The van der Waals surface area contributed by atoms with Crippen molar-refractivity contribution >= 4 is 46.3 Å². The summed E-state index contributed by atoms with van der Waals surface area (Å²) in [6.07, 6.45) is 0. The lowest BCUT2D eigenvalue weighted by atomic mass is 10.0. The van der Waals surface area contributed by atoms with Crippen LogP contribution in [0.5, 0.6) is 0 Å². The Morgan fingerprint density at radius 1 is 1.12 bits per heavy atom. The standard InChI is InChI=1S/C18H11Cl2N3O2/c19-13-5-3-6-14(20)12(13)9-23-15-7-2-1-4-10(15)16(18(23)25)11(8-21)17(22)24/h1-7H,9H2,(H2,22,24). The van der Waals surface area contributed by atoms with Crippen molar-refractivity contribution in [1.29, 1.82) is 5.26 Å². The second-order valence-corrected chi connectivity index (χ2v) is 6.15. The van der Waals surface area contributed by atoms with Gasteiger partial charge in [0.25, 0.3) is 11.8 Å². The smallest absolute Gasteiger partial charge is 0.260 e. The molecule has 0 saturated heterocycles. The Balaban J connectivity index is 2.16. The fourth-order valence-electron chi connectivity index (χ4n) is 2.75. The summed E-state index contributed by atoms with van der Waals surface area (Å²) in [7, 11) is 0. The lowest BCUT2D eigenvalue weighted by Crippen LogP contribution is -2.27. The van der Waals surface area contributed by atoms with Crippen LogP contribution in [0.4, 0.5) is 5.69 Å². The molecule has 0 aliphatic carbocycles. The Labute approximate surface area is 153 Å². The maximum absolute atomic E-state index is 12.9. The van der Waals surface area contributed by atoms with Crippen molar-refractivity contribution in [1.82, 2.24) is 0 Å². The van der Waals surface area contributed by atoms with Crippen molar-refractivity contribution in [2.75, 3.05) is 4.90 Å². The number of carbonyl (C=O) groups excluding carboxylic acids is 2. The van der Waals surface area contributed by atoms with E-state index in [9.17, 15) is 14.9 Å². The van der Waals surface area contributed by atoms with Crippen molar-refractivity contribution < 1.29 is 9.59 Å². The molecule has 7 heteroatoms. The predicted molar refractivity (Wildman–Crippen MR) is 95.8 cm³/mol. The van der Waals surface area contributed by atoms with Crippen molar-refractivity contribution in [2.24, 2.45) is 5.73 Å². The number of hydrogen-bond acceptors (Lipinski definition) is 3. The number of nitriles is 1. The monoisotopic (exact) mass is 371 g/mol. The Morgan fingerprint density at radius 2 is 1.76 bits per heavy atom. The predicted octanol–water partition coefficient (Wildman–Crippen LogP) is 3.30. The van der Waals surface area contributed by atoms with Gasteiger partial charge in [-0.05, 0) is 18.2 Å². The van der Waals surface area contributed by atoms with Gasteiger partial charge in [0, 0.05) is 21.2 Å². The molecule has 25 heavy (non-hydrogen) atoms. The van der Waals surface area contributed by atoms with E-state index in [-0.39, 0.29) is 17.7 Å². The van der Waals surface area contributed by atoms with Gasteiger partial charge in [-0.1, -0.05) is 47.5 Å². The van der Waals surface area contributed by atoms with Crippen molar-refractivity contribution in [3.63, 3.8) is 0 Å². The maximum Gasteiger partial charge on any atom is 0.260 e. The molecule has 0 bridgehead atoms. The molecule has 0 aromatic heterocycles. The number of nitrogens with zero attached hydrogens (tertiary/aromatic N) is 2. The summed E-state index contributed by atoms with van der Waals surface area (Å²) in [6.45, 7) is 0.106. The number of para-hydroxylation sites is 1. The molecule has 0 unspecified atom stereocenters. The highest BCUT2D eigenvalue weighted by Gasteiger charge is 2.36. The van der Waals surface area contributed by atoms with E-state index in [2.05, 4.69) is 0 Å². The molecule has 124 valence electrons. The van der Waals surface area contributed by atoms with E-state index in [1.807, 2.05) is 0 Å². The van der Waals surface area contributed by atoms with Crippen LogP contribution in [0.1, 0.15) is 11.1 Å². The van der Waals surface area contributed by atoms with Crippen LogP contribution >= 0.6 is 23.2 Å². The van der Waals surface area contributed by atoms with E-state index in [0.717, 1.165) is 0 Å². The number of primary amides is 1. The number of anilines is 1. The third-order valence-corrected chi connectivity index (χ3v) is 4.62. The Morgan fingerprint density at radius 3 is 2.36 bits per heavy atom. The van der Waals surface area contributed by atoms with E-state index in [1.165, 1.54) is 4.90 Å². The summed E-state index contributed by atoms with van der Waals surface area (Å²) in [5, 5.41) is 10.1. The van der Waals surface area contributed by atoms with Crippen LogP contribution < -0.4 is 10.6 Å². The van der Waals surface area contributed by atoms with E-state index in [4.69, 9.17) is 28.9 Å². The molecule has 0 radical (unpaired) electrons. The summed E-state index contributed by atoms with van der Waals surface area (Å²) in [6, 6.07) is 13.6. The summed E-state index contributed by atoms with van der Waals surface area (Å²) in [4.78, 5) is 25.9. The fraction of sp³-hybridized carbons (Fsp3) is 0.0556. The molecule has 0 fully saturated rings. The first-order valence-electron chi connectivity index (χ1n) is 7.24. The van der Waals surface area contributed by atoms with Crippen LogP contribution in [0.3, 0.4) is 0 Å². The van der Waals surface area contributed by atoms with Crippen molar-refractivity contribution in [3.8, 4) is 6.07 Å². The molecule has 2 N–H and O–H groups in total. The lowest BCUT2D eigenvalue weighted by Gasteiger charge is -2.19. The maximum atomic E-state index is 12.9. The molecule has 0 atom stereocenters. The SMILES string of the molecule is N#CC(C(N)=O)=C1C(=O)N(Cc2c(Cl)cccc2Cl)c2ccccc21. The van der Waals surface area contributed by atoms with Gasteiger partial charge < -0.3 is 10.6 Å². The van der Waals surface area contributed by atoms with Gasteiger partial charge in [-0.2, -0.15) is 5.26 Å². The molecule has 2 amide bonds. The molecule has 0 saturated carbocycles. The number of amides is 2. The molecule has 1 aliphatic heterocycles. The summed E-state index contributed by atoms with van der Waals surface area (Å²) in [5.74, 6) is -1.44. The van der Waals surface area contributed by atoms with Crippen molar-refractivity contribution in [3.05, 3.63) is 69.2 Å². The number of carbonyl (C=O) groups is 2. The zero-order chi connectivity index (χ0) is 18.1. The number of hydrogen-bond donors (Lipinski definition) is 1. The number of rotatable bonds is 3. The summed E-state index contributed by atoms with van der Waals surface area (Å²) >= 11 is 12.4. The molecule has 0 spiro atoms. The first-order chi connectivity index (χ1) is 12.0. The van der Waals surface area contributed by atoms with Crippen molar-refractivity contribution in [2.45, 2.75) is 6.54 Å². The number of halogens is 2. The van der Waals surface area contributed by atoms with Crippen LogP contribution in [-0.4, -0.2) is 11.8 Å². The first kappa shape index (κ1) is 17.0. The Hall–Kier alpha value is -2.81. The average Bonchev–Trinajstić information content (AvgIpc) is 2.84. The molecular weight excluding hydrogens is 361 g/mol. The van der Waals surface area contributed by atoms with Gasteiger partial charge in [0.2, 0.25) is 0 Å². The van der Waals surface area contributed by atoms with E-state index in [1.54, 1.807) is 48.5 Å². The largest absolute Gasteiger partial charge is 0.365 e. The van der Waals surface area contributed by atoms with E-state index >= 15 is 0 Å². The average molecular weight is 372 g/mol. The second kappa shape index (κ2) is 6.60. The quantitative estimate of drug-likeness (QED) is 0.662. The minimum absolute atomic E-state index is 0.00576. The summed E-state index contributed by atoms with van der Waals surface area (Å²) < 4.78 is 0. The van der Waals surface area contributed by atoms with Gasteiger partial charge in [0.1, 0.15) is 11.6 Å². The van der Waals surface area contributed by atoms with Crippen LogP contribution in [0.15, 0.2) is 48.0 Å². The van der Waals surface area contributed by atoms with Crippen LogP contribution in [0.25, 0.3) is 5.57 Å². The topological polar surface area (TPSA) is 87.2 Å². The summed E-state index contributed by atoms with van der Waals surface area (Å²) in [5.41, 5.74) is 6.50. The minimum atomic E-state index is -0.946. The van der Waals surface area contributed by atoms with Gasteiger partial charge in [-0.25, -0.2) is 0 Å². The van der Waals surface area contributed by atoms with Crippen LogP contribution in [0.2, 0.25) is 10.0 Å². The van der Waals surface area contributed by atoms with Crippen LogP contribution in [-0.2, 0) is 16.1 Å². The molecular formula is C18H11Cl2N3O2. The lowest BCUT2D eigenvalue weighted by molar-refractivity contribution is -0.115. The number of benzene rings is 2. The Bertz CT molecular complexity index is 956. The molecule has 5 nitrogen and oxygen atoms in total. The fourth-order valence-corrected chi connectivity index (χ4v) is 3.27. The second-order valence-electron chi connectivity index (χ2n) is 5.33. The third-order valence-electron chi connectivity index (χ3n) is 3.91. The van der Waals surface area contributed by atoms with Gasteiger partial charge in [0.05, 0.1) is 17.8 Å². The minimum Gasteiger partial charge on any atom is -0.365 e. The zero-order valence-corrected chi connectivity index (χ0v) is 14.3. The highest BCUT2D eigenvalue weighted by atomic mass is 35.5. The highest BCUT2D eigenvalue weighted by molar-refractivity contribution is 6.38. The van der Waals surface area contributed by atoms with Gasteiger partial charge in [0.15, 0.2) is 0 Å². The third kappa shape index (κ3) is 2.86. The zero-order valence-electron chi connectivity index (χ0n) is 12.8. The number of fused-ring (bicyclic) bond motifs is 1. The van der Waals surface area contributed by atoms with Gasteiger partial charge >= 0.3 is 0 Å². The van der Waals surface area contributed by atoms with Crippen LogP contribution in [0, 0.1) is 11.3 Å². The highest BCUT2D eigenvalue weighted by Crippen LogP contribution is 2.40.